The lowest BCUT2D eigenvalue weighted by atomic mass is 10.1. The van der Waals surface area contributed by atoms with Gasteiger partial charge in [0.15, 0.2) is 5.43 Å². The van der Waals surface area contributed by atoms with Crippen LogP contribution in [0.3, 0.4) is 0 Å². The zero-order valence-electron chi connectivity index (χ0n) is 9.14. The average molecular weight is 249 g/mol. The second kappa shape index (κ2) is 4.60. The van der Waals surface area contributed by atoms with Crippen molar-refractivity contribution in [2.24, 2.45) is 0 Å². The minimum Gasteiger partial charge on any atom is -0.465 e. The third kappa shape index (κ3) is 2.66. The Hall–Kier alpha value is -1.79. The first-order valence-electron chi connectivity index (χ1n) is 4.73. The quantitative estimate of drug-likeness (QED) is 0.812. The van der Waals surface area contributed by atoms with Crippen LogP contribution in [0.5, 0.6) is 0 Å². The highest BCUT2D eigenvalue weighted by molar-refractivity contribution is 5.90. The molecule has 4 nitrogen and oxygen atoms in total. The van der Waals surface area contributed by atoms with E-state index >= 15 is 0 Å². The van der Waals surface area contributed by atoms with Gasteiger partial charge in [0, 0.05) is 11.8 Å². The average Bonchev–Trinajstić information content (AvgIpc) is 2.25. The summed E-state index contributed by atoms with van der Waals surface area (Å²) in [5, 5.41) is 0. The number of hydrogen-bond donors (Lipinski definition) is 1. The Bertz CT molecular complexity index is 491. The lowest BCUT2D eigenvalue weighted by Crippen LogP contribution is -2.23. The number of alkyl halides is 3. The first-order chi connectivity index (χ1) is 7.81. The van der Waals surface area contributed by atoms with Crippen LogP contribution in [0.25, 0.3) is 0 Å². The van der Waals surface area contributed by atoms with Crippen molar-refractivity contribution in [2.45, 2.75) is 19.5 Å². The third-order valence-corrected chi connectivity index (χ3v) is 2.16. The number of aryl methyl sites for hydroxylation is 1. The molecule has 0 spiro atoms. The monoisotopic (exact) mass is 249 g/mol. The molecule has 1 rings (SSSR count). The van der Waals surface area contributed by atoms with Crippen LogP contribution in [0.1, 0.15) is 28.7 Å². The molecular formula is C10H10F3NO3. The highest BCUT2D eigenvalue weighted by Gasteiger charge is 2.33. The molecule has 0 fully saturated rings. The van der Waals surface area contributed by atoms with Gasteiger partial charge in [0.05, 0.1) is 7.11 Å². The smallest absolute Gasteiger partial charge is 0.431 e. The van der Waals surface area contributed by atoms with E-state index in [0.29, 0.717) is 6.07 Å². The number of aromatic amines is 1. The summed E-state index contributed by atoms with van der Waals surface area (Å²) in [4.78, 5) is 24.7. The van der Waals surface area contributed by atoms with Crippen LogP contribution >= 0.6 is 0 Å². The van der Waals surface area contributed by atoms with Crippen LogP contribution in [-0.2, 0) is 17.3 Å². The second-order valence-electron chi connectivity index (χ2n) is 3.24. The Balaban J connectivity index is 3.47. The predicted octanol–water partition coefficient (Wildman–Crippen LogP) is 1.74. The molecule has 1 aromatic rings. The Labute approximate surface area is 94.4 Å². The van der Waals surface area contributed by atoms with Crippen LogP contribution < -0.4 is 5.43 Å². The maximum Gasteiger partial charge on any atom is 0.431 e. The number of esters is 1. The van der Waals surface area contributed by atoms with Gasteiger partial charge in [0.2, 0.25) is 0 Å². The Morgan fingerprint density at radius 2 is 2.06 bits per heavy atom. The number of carbonyl (C=O) groups excluding carboxylic acids is 1. The molecule has 94 valence electrons. The molecule has 1 heterocycles. The van der Waals surface area contributed by atoms with Crippen molar-refractivity contribution in [1.29, 1.82) is 0 Å². The number of H-pyrrole nitrogens is 1. The third-order valence-electron chi connectivity index (χ3n) is 2.16. The molecule has 0 saturated heterocycles. The predicted molar refractivity (Wildman–Crippen MR) is 52.8 cm³/mol. The van der Waals surface area contributed by atoms with Crippen molar-refractivity contribution < 1.29 is 22.7 Å². The molecule has 0 amide bonds. The van der Waals surface area contributed by atoms with Crippen molar-refractivity contribution in [3.63, 3.8) is 0 Å². The Morgan fingerprint density at radius 3 is 2.47 bits per heavy atom. The number of pyridine rings is 1. The zero-order valence-corrected chi connectivity index (χ0v) is 9.14. The number of ether oxygens (including phenoxy) is 1. The maximum atomic E-state index is 12.4. The van der Waals surface area contributed by atoms with Crippen LogP contribution in [-0.4, -0.2) is 18.1 Å². The maximum absolute atomic E-state index is 12.4. The second-order valence-corrected chi connectivity index (χ2v) is 3.24. The van der Waals surface area contributed by atoms with Gasteiger partial charge in [-0.2, -0.15) is 13.2 Å². The zero-order chi connectivity index (χ0) is 13.2. The number of halogens is 3. The van der Waals surface area contributed by atoms with Crippen LogP contribution in [0.2, 0.25) is 0 Å². The number of nitrogens with one attached hydrogen (secondary N) is 1. The summed E-state index contributed by atoms with van der Waals surface area (Å²) in [5.41, 5.74) is -2.65. The van der Waals surface area contributed by atoms with E-state index < -0.39 is 23.3 Å². The van der Waals surface area contributed by atoms with Crippen molar-refractivity contribution in [3.05, 3.63) is 33.2 Å². The molecule has 0 unspecified atom stereocenters. The van der Waals surface area contributed by atoms with Gasteiger partial charge >= 0.3 is 12.1 Å². The molecular weight excluding hydrogens is 239 g/mol. The number of methoxy groups -OCH3 is 1. The standard InChI is InChI=1S/C10H10F3NO3/c1-3-5-8(9(16)17-2)6(15)4-7(14-5)10(11,12)13/h4H,3H2,1-2H3,(H,14,15). The van der Waals surface area contributed by atoms with Crippen LogP contribution in [0, 0.1) is 0 Å². The van der Waals surface area contributed by atoms with Gasteiger partial charge in [-0.15, -0.1) is 0 Å². The fourth-order valence-corrected chi connectivity index (χ4v) is 1.36. The molecule has 0 aliphatic carbocycles. The topological polar surface area (TPSA) is 59.2 Å². The Kier molecular flexibility index (Phi) is 3.59. The van der Waals surface area contributed by atoms with Crippen LogP contribution in [0.4, 0.5) is 13.2 Å². The van der Waals surface area contributed by atoms with Crippen LogP contribution in [0.15, 0.2) is 10.9 Å². The van der Waals surface area contributed by atoms with Gasteiger partial charge in [-0.05, 0) is 6.42 Å². The molecule has 0 atom stereocenters. The van der Waals surface area contributed by atoms with Crippen molar-refractivity contribution in [1.82, 2.24) is 4.98 Å². The lowest BCUT2D eigenvalue weighted by molar-refractivity contribution is -0.141. The summed E-state index contributed by atoms with van der Waals surface area (Å²) in [6.07, 6.45) is -4.57. The molecule has 0 aromatic carbocycles. The van der Waals surface area contributed by atoms with Crippen molar-refractivity contribution in [2.75, 3.05) is 7.11 Å². The molecule has 17 heavy (non-hydrogen) atoms. The fraction of sp³-hybridized carbons (Fsp3) is 0.400. The van der Waals surface area contributed by atoms with E-state index in [9.17, 15) is 22.8 Å². The summed E-state index contributed by atoms with van der Waals surface area (Å²) in [7, 11) is 1.05. The number of rotatable bonds is 2. The van der Waals surface area contributed by atoms with Crippen molar-refractivity contribution in [3.8, 4) is 0 Å². The van der Waals surface area contributed by atoms with Crippen molar-refractivity contribution >= 4 is 5.97 Å². The molecule has 0 bridgehead atoms. The van der Waals surface area contributed by atoms with E-state index in [0.717, 1.165) is 7.11 Å². The Morgan fingerprint density at radius 1 is 1.47 bits per heavy atom. The molecule has 0 radical (unpaired) electrons. The molecule has 0 aliphatic rings. The molecule has 1 N–H and O–H groups in total. The van der Waals surface area contributed by atoms with E-state index in [1.54, 1.807) is 0 Å². The molecule has 0 aliphatic heterocycles. The summed E-state index contributed by atoms with van der Waals surface area (Å²) in [6, 6.07) is 0.353. The summed E-state index contributed by atoms with van der Waals surface area (Å²) in [5.74, 6) is -0.947. The van der Waals surface area contributed by atoms with E-state index in [1.165, 1.54) is 6.92 Å². The van der Waals surface area contributed by atoms with Gasteiger partial charge in [0.25, 0.3) is 0 Å². The van der Waals surface area contributed by atoms with Gasteiger partial charge in [-0.1, -0.05) is 6.92 Å². The van der Waals surface area contributed by atoms with E-state index in [4.69, 9.17) is 0 Å². The first kappa shape index (κ1) is 13.3. The fourth-order valence-electron chi connectivity index (χ4n) is 1.36. The summed E-state index contributed by atoms with van der Waals surface area (Å²) >= 11 is 0. The van der Waals surface area contributed by atoms with Gasteiger partial charge < -0.3 is 9.72 Å². The van der Waals surface area contributed by atoms with E-state index in [-0.39, 0.29) is 17.7 Å². The number of carbonyl (C=O) groups is 1. The first-order valence-corrected chi connectivity index (χ1v) is 4.73. The normalized spacial score (nSPS) is 11.4. The minimum atomic E-state index is -4.66. The highest BCUT2D eigenvalue weighted by atomic mass is 19.4. The SMILES string of the molecule is CCc1[nH]c(C(F)(F)F)cc(=O)c1C(=O)OC. The van der Waals surface area contributed by atoms with E-state index in [1.807, 2.05) is 4.98 Å². The largest absolute Gasteiger partial charge is 0.465 e. The summed E-state index contributed by atoms with van der Waals surface area (Å²) < 4.78 is 41.6. The van der Waals surface area contributed by atoms with Gasteiger partial charge in [0.1, 0.15) is 11.3 Å². The lowest BCUT2D eigenvalue weighted by Gasteiger charge is -2.11. The molecule has 0 saturated carbocycles. The molecule has 7 heteroatoms. The van der Waals surface area contributed by atoms with Gasteiger partial charge in [-0.3, -0.25) is 4.79 Å². The highest BCUT2D eigenvalue weighted by Crippen LogP contribution is 2.27. The summed E-state index contributed by atoms with van der Waals surface area (Å²) in [6.45, 7) is 1.53. The number of hydrogen-bond acceptors (Lipinski definition) is 3. The number of aromatic nitrogens is 1. The molecule has 1 aromatic heterocycles. The minimum absolute atomic E-state index is 0.0864. The van der Waals surface area contributed by atoms with E-state index in [2.05, 4.69) is 4.74 Å². The van der Waals surface area contributed by atoms with Gasteiger partial charge in [-0.25, -0.2) is 4.79 Å².